The first kappa shape index (κ1) is 18.0. The largest absolute Gasteiger partial charge is 0.426 e. The van der Waals surface area contributed by atoms with Gasteiger partial charge in [0.2, 0.25) is 5.91 Å². The van der Waals surface area contributed by atoms with Crippen LogP contribution < -0.4 is 10.1 Å². The van der Waals surface area contributed by atoms with Gasteiger partial charge in [0.15, 0.2) is 0 Å². The van der Waals surface area contributed by atoms with E-state index in [9.17, 15) is 14.0 Å². The van der Waals surface area contributed by atoms with Crippen molar-refractivity contribution in [2.45, 2.75) is 19.1 Å². The number of nitrogens with one attached hydrogen (secondary N) is 1. The second kappa shape index (κ2) is 8.49. The quantitative estimate of drug-likeness (QED) is 0.638. The Morgan fingerprint density at radius 1 is 1.21 bits per heavy atom. The highest BCUT2D eigenvalue weighted by atomic mass is 32.2. The molecule has 0 radical (unpaired) electrons. The van der Waals surface area contributed by atoms with Crippen molar-refractivity contribution in [1.29, 1.82) is 0 Å². The lowest BCUT2D eigenvalue weighted by Gasteiger charge is -2.11. The second-order valence-electron chi connectivity index (χ2n) is 5.25. The fourth-order valence-electron chi connectivity index (χ4n) is 1.88. The van der Waals surface area contributed by atoms with E-state index in [4.69, 9.17) is 4.74 Å². The maximum Gasteiger partial charge on any atom is 0.324 e. The number of hydrogen-bond acceptors (Lipinski definition) is 4. The van der Waals surface area contributed by atoms with Crippen LogP contribution in [0.2, 0.25) is 0 Å². The number of rotatable bonds is 6. The molecule has 0 saturated carbocycles. The van der Waals surface area contributed by atoms with Crippen LogP contribution in [0.25, 0.3) is 0 Å². The van der Waals surface area contributed by atoms with Gasteiger partial charge < -0.3 is 10.1 Å². The normalized spacial score (nSPS) is 11.6. The fourth-order valence-corrected chi connectivity index (χ4v) is 2.53. The first-order valence-electron chi connectivity index (χ1n) is 7.39. The van der Waals surface area contributed by atoms with Gasteiger partial charge in [0, 0.05) is 5.69 Å². The lowest BCUT2D eigenvalue weighted by Crippen LogP contribution is -2.23. The van der Waals surface area contributed by atoms with E-state index in [0.717, 1.165) is 5.56 Å². The third kappa shape index (κ3) is 5.70. The highest BCUT2D eigenvalue weighted by Crippen LogP contribution is 2.18. The van der Waals surface area contributed by atoms with Gasteiger partial charge in [-0.2, -0.15) is 0 Å². The maximum atomic E-state index is 12.8. The van der Waals surface area contributed by atoms with Gasteiger partial charge in [-0.3, -0.25) is 9.59 Å². The number of ether oxygens (including phenoxy) is 1. The first-order valence-corrected chi connectivity index (χ1v) is 8.44. The summed E-state index contributed by atoms with van der Waals surface area (Å²) in [6.45, 7) is 3.60. The molecule has 0 heterocycles. The predicted octanol–water partition coefficient (Wildman–Crippen LogP) is 3.80. The van der Waals surface area contributed by atoms with Crippen LogP contribution in [0.5, 0.6) is 5.75 Å². The van der Waals surface area contributed by atoms with E-state index >= 15 is 0 Å². The number of esters is 1. The van der Waals surface area contributed by atoms with Crippen molar-refractivity contribution in [3.8, 4) is 5.75 Å². The molecule has 126 valence electrons. The number of benzene rings is 2. The number of carbonyl (C=O) groups excluding carboxylic acids is 2. The van der Waals surface area contributed by atoms with Crippen LogP contribution in [0.3, 0.4) is 0 Å². The smallest absolute Gasteiger partial charge is 0.324 e. The van der Waals surface area contributed by atoms with Crippen molar-refractivity contribution >= 4 is 29.3 Å². The van der Waals surface area contributed by atoms with Gasteiger partial charge in [0.1, 0.15) is 16.8 Å². The minimum atomic E-state index is -0.482. The standard InChI is InChI=1S/C18H18FNO3S/c1-12-4-3-5-16(10-12)23-18(22)13(2)24-11-17(21)20-15-8-6-14(19)7-9-15/h3-10,13H,11H2,1-2H3,(H,20,21). The van der Waals surface area contributed by atoms with Crippen LogP contribution in [0.1, 0.15) is 12.5 Å². The Bertz CT molecular complexity index is 718. The summed E-state index contributed by atoms with van der Waals surface area (Å²) in [6.07, 6.45) is 0. The average Bonchev–Trinajstić information content (AvgIpc) is 2.54. The summed E-state index contributed by atoms with van der Waals surface area (Å²) >= 11 is 1.18. The first-order chi connectivity index (χ1) is 11.4. The third-order valence-electron chi connectivity index (χ3n) is 3.13. The van der Waals surface area contributed by atoms with Crippen LogP contribution in [-0.4, -0.2) is 22.9 Å². The number of amides is 1. The molecule has 1 N–H and O–H groups in total. The molecule has 0 bridgehead atoms. The number of anilines is 1. The highest BCUT2D eigenvalue weighted by molar-refractivity contribution is 8.01. The zero-order valence-electron chi connectivity index (χ0n) is 13.4. The van der Waals surface area contributed by atoms with E-state index in [2.05, 4.69) is 5.32 Å². The summed E-state index contributed by atoms with van der Waals surface area (Å²) in [7, 11) is 0. The van der Waals surface area contributed by atoms with Crippen molar-refractivity contribution in [1.82, 2.24) is 0 Å². The van der Waals surface area contributed by atoms with E-state index in [1.165, 1.54) is 36.0 Å². The molecule has 2 aromatic carbocycles. The molecule has 6 heteroatoms. The third-order valence-corrected chi connectivity index (χ3v) is 4.25. The Morgan fingerprint density at radius 2 is 1.92 bits per heavy atom. The van der Waals surface area contributed by atoms with E-state index in [-0.39, 0.29) is 17.5 Å². The van der Waals surface area contributed by atoms with Crippen molar-refractivity contribution in [2.75, 3.05) is 11.1 Å². The molecule has 1 unspecified atom stereocenters. The van der Waals surface area contributed by atoms with Gasteiger partial charge in [0.05, 0.1) is 5.75 Å². The Morgan fingerprint density at radius 3 is 2.58 bits per heavy atom. The lowest BCUT2D eigenvalue weighted by molar-refractivity contribution is -0.133. The average molecular weight is 347 g/mol. The minimum absolute atomic E-state index is 0.0987. The summed E-state index contributed by atoms with van der Waals surface area (Å²) < 4.78 is 18.1. The number of aryl methyl sites for hydroxylation is 1. The van der Waals surface area contributed by atoms with Gasteiger partial charge >= 0.3 is 5.97 Å². The summed E-state index contributed by atoms with van der Waals surface area (Å²) in [6, 6.07) is 12.7. The van der Waals surface area contributed by atoms with Crippen molar-refractivity contribution in [3.05, 3.63) is 59.9 Å². The van der Waals surface area contributed by atoms with Gasteiger partial charge in [-0.1, -0.05) is 12.1 Å². The van der Waals surface area contributed by atoms with E-state index in [1.54, 1.807) is 19.1 Å². The predicted molar refractivity (Wildman–Crippen MR) is 93.8 cm³/mol. The molecule has 1 atom stereocenters. The number of thioether (sulfide) groups is 1. The molecule has 0 spiro atoms. The zero-order chi connectivity index (χ0) is 17.5. The Labute approximate surface area is 144 Å². The second-order valence-corrected chi connectivity index (χ2v) is 6.58. The van der Waals surface area contributed by atoms with Gasteiger partial charge in [0.25, 0.3) is 0 Å². The fraction of sp³-hybridized carbons (Fsp3) is 0.222. The highest BCUT2D eigenvalue weighted by Gasteiger charge is 2.17. The molecule has 4 nitrogen and oxygen atoms in total. The lowest BCUT2D eigenvalue weighted by atomic mass is 10.2. The monoisotopic (exact) mass is 347 g/mol. The molecular formula is C18H18FNO3S. The summed E-state index contributed by atoms with van der Waals surface area (Å²) in [5.41, 5.74) is 1.51. The number of hydrogen-bond donors (Lipinski definition) is 1. The molecule has 24 heavy (non-hydrogen) atoms. The summed E-state index contributed by atoms with van der Waals surface area (Å²) in [5.74, 6) is -0.443. The Kier molecular flexibility index (Phi) is 6.37. The van der Waals surface area contributed by atoms with Crippen LogP contribution in [0, 0.1) is 12.7 Å². The van der Waals surface area contributed by atoms with Crippen molar-refractivity contribution in [2.24, 2.45) is 0 Å². The van der Waals surface area contributed by atoms with Gasteiger partial charge in [-0.05, 0) is 55.8 Å². The zero-order valence-corrected chi connectivity index (χ0v) is 14.2. The molecule has 1 amide bonds. The van der Waals surface area contributed by atoms with Crippen LogP contribution in [-0.2, 0) is 9.59 Å². The molecule has 0 aliphatic heterocycles. The molecular weight excluding hydrogens is 329 g/mol. The molecule has 2 aromatic rings. The van der Waals surface area contributed by atoms with Crippen molar-refractivity contribution < 1.29 is 18.7 Å². The molecule has 2 rings (SSSR count). The molecule has 0 aromatic heterocycles. The maximum absolute atomic E-state index is 12.8. The Hall–Kier alpha value is -2.34. The Balaban J connectivity index is 1.79. The summed E-state index contributed by atoms with van der Waals surface area (Å²) in [4.78, 5) is 23.9. The molecule has 0 aliphatic rings. The minimum Gasteiger partial charge on any atom is -0.426 e. The van der Waals surface area contributed by atoms with Crippen LogP contribution in [0.4, 0.5) is 10.1 Å². The van der Waals surface area contributed by atoms with Crippen molar-refractivity contribution in [3.63, 3.8) is 0 Å². The molecule has 0 fully saturated rings. The van der Waals surface area contributed by atoms with Crippen LogP contribution >= 0.6 is 11.8 Å². The number of carbonyl (C=O) groups is 2. The molecule has 0 saturated heterocycles. The van der Waals surface area contributed by atoms with E-state index in [0.29, 0.717) is 11.4 Å². The van der Waals surface area contributed by atoms with E-state index < -0.39 is 11.2 Å². The van der Waals surface area contributed by atoms with Gasteiger partial charge in [-0.15, -0.1) is 11.8 Å². The number of halogens is 1. The van der Waals surface area contributed by atoms with E-state index in [1.807, 2.05) is 19.1 Å². The molecule has 0 aliphatic carbocycles. The van der Waals surface area contributed by atoms with Crippen LogP contribution in [0.15, 0.2) is 48.5 Å². The SMILES string of the molecule is Cc1cccc(OC(=O)C(C)SCC(=O)Nc2ccc(F)cc2)c1. The van der Waals surface area contributed by atoms with Gasteiger partial charge in [-0.25, -0.2) is 4.39 Å². The summed E-state index contributed by atoms with van der Waals surface area (Å²) in [5, 5.41) is 2.16. The topological polar surface area (TPSA) is 55.4 Å².